The van der Waals surface area contributed by atoms with E-state index >= 15 is 0 Å². The Bertz CT molecular complexity index is 287. The molecule has 0 aromatic carbocycles. The van der Waals surface area contributed by atoms with E-state index in [9.17, 15) is 4.79 Å². The third-order valence-electron chi connectivity index (χ3n) is 3.92. The zero-order valence-electron chi connectivity index (χ0n) is 11.3. The zero-order chi connectivity index (χ0) is 13.0. The van der Waals surface area contributed by atoms with Gasteiger partial charge < -0.3 is 15.4 Å². The molecule has 0 aromatic rings. The lowest BCUT2D eigenvalue weighted by atomic mass is 9.95. The Hall–Kier alpha value is -0.260. The molecule has 4 nitrogen and oxygen atoms in total. The fraction of sp³-hybridized carbons (Fsp3) is 0.923. The molecular weight excluding hydrogens is 248 g/mol. The molecule has 0 atom stereocenters. The summed E-state index contributed by atoms with van der Waals surface area (Å²) in [6, 6.07) is 0.358. The fourth-order valence-electron chi connectivity index (χ4n) is 2.53. The third-order valence-corrected chi connectivity index (χ3v) is 5.06. The monoisotopic (exact) mass is 272 g/mol. The van der Waals surface area contributed by atoms with E-state index in [0.29, 0.717) is 6.04 Å². The summed E-state index contributed by atoms with van der Waals surface area (Å²) in [7, 11) is 0. The van der Waals surface area contributed by atoms with Gasteiger partial charge in [0.25, 0.3) is 0 Å². The summed E-state index contributed by atoms with van der Waals surface area (Å²) >= 11 is 1.95. The van der Waals surface area contributed by atoms with Crippen molar-refractivity contribution in [1.82, 2.24) is 10.6 Å². The summed E-state index contributed by atoms with van der Waals surface area (Å²) in [5.41, 5.74) is -0.131. The number of carbonyl (C=O) groups is 1. The van der Waals surface area contributed by atoms with Crippen molar-refractivity contribution in [3.05, 3.63) is 0 Å². The van der Waals surface area contributed by atoms with Crippen molar-refractivity contribution in [2.24, 2.45) is 0 Å². The highest BCUT2D eigenvalue weighted by Gasteiger charge is 2.33. The highest BCUT2D eigenvalue weighted by atomic mass is 32.2. The van der Waals surface area contributed by atoms with Gasteiger partial charge in [-0.3, -0.25) is 4.79 Å². The first-order chi connectivity index (χ1) is 8.61. The summed E-state index contributed by atoms with van der Waals surface area (Å²) in [6.07, 6.45) is 6.82. The molecule has 0 unspecified atom stereocenters. The predicted molar refractivity (Wildman–Crippen MR) is 74.9 cm³/mol. The van der Waals surface area contributed by atoms with Gasteiger partial charge in [-0.05, 0) is 38.9 Å². The number of amides is 1. The van der Waals surface area contributed by atoms with Crippen LogP contribution in [0.4, 0.5) is 0 Å². The molecule has 104 valence electrons. The van der Waals surface area contributed by atoms with Crippen LogP contribution in [0.3, 0.4) is 0 Å². The maximum absolute atomic E-state index is 11.8. The smallest absolute Gasteiger partial charge is 0.246 e. The first kappa shape index (κ1) is 14.2. The Kier molecular flexibility index (Phi) is 4.92. The van der Waals surface area contributed by atoms with E-state index in [1.165, 1.54) is 12.8 Å². The minimum absolute atomic E-state index is 0.0377. The fourth-order valence-corrected chi connectivity index (χ4v) is 3.27. The lowest BCUT2D eigenvalue weighted by Crippen LogP contribution is -2.59. The molecule has 1 saturated carbocycles. The second-order valence-corrected chi connectivity index (χ2v) is 6.76. The van der Waals surface area contributed by atoms with Crippen LogP contribution in [0.1, 0.15) is 32.6 Å². The van der Waals surface area contributed by atoms with Gasteiger partial charge in [0, 0.05) is 24.4 Å². The molecule has 2 rings (SSSR count). The summed E-state index contributed by atoms with van der Waals surface area (Å²) < 4.78 is 5.63. The number of hydrogen-bond acceptors (Lipinski definition) is 4. The predicted octanol–water partition coefficient (Wildman–Crippen LogP) is 1.16. The number of thioether (sulfide) groups is 1. The minimum Gasteiger partial charge on any atom is -0.363 e. The molecule has 1 aliphatic carbocycles. The van der Waals surface area contributed by atoms with Crippen LogP contribution in [-0.2, 0) is 9.53 Å². The average Bonchev–Trinajstić information content (AvgIpc) is 2.35. The van der Waals surface area contributed by atoms with Crippen LogP contribution in [0, 0.1) is 0 Å². The maximum Gasteiger partial charge on any atom is 0.246 e. The number of nitrogens with one attached hydrogen (secondary N) is 2. The molecule has 2 fully saturated rings. The lowest BCUT2D eigenvalue weighted by Gasteiger charge is -2.39. The molecule has 1 amide bonds. The summed E-state index contributed by atoms with van der Waals surface area (Å²) in [5, 5.41) is 7.04. The van der Waals surface area contributed by atoms with Gasteiger partial charge in [0.05, 0.1) is 5.60 Å². The molecule has 2 aliphatic rings. The van der Waals surface area contributed by atoms with E-state index in [1.54, 1.807) is 0 Å². The van der Waals surface area contributed by atoms with E-state index in [1.807, 2.05) is 18.7 Å². The molecule has 0 bridgehead atoms. The third kappa shape index (κ3) is 3.87. The summed E-state index contributed by atoms with van der Waals surface area (Å²) in [6.45, 7) is 3.93. The van der Waals surface area contributed by atoms with E-state index in [2.05, 4.69) is 16.9 Å². The van der Waals surface area contributed by atoms with Crippen molar-refractivity contribution < 1.29 is 9.53 Å². The summed E-state index contributed by atoms with van der Waals surface area (Å²) in [5.74, 6) is 0.0377. The molecule has 18 heavy (non-hydrogen) atoms. The van der Waals surface area contributed by atoms with Crippen LogP contribution < -0.4 is 10.6 Å². The standard InChI is InChI=1S/C13H24N2O2S/c1-13(8-14-9-13)17-7-12(16)15-10-3-5-11(18-2)6-4-10/h10-11,14H,3-9H2,1-2H3,(H,15,16). The Labute approximate surface area is 114 Å². The van der Waals surface area contributed by atoms with Gasteiger partial charge in [-0.1, -0.05) is 0 Å². The number of carbonyl (C=O) groups excluding carboxylic acids is 1. The number of hydrogen-bond donors (Lipinski definition) is 2. The highest BCUT2D eigenvalue weighted by molar-refractivity contribution is 7.99. The normalized spacial score (nSPS) is 30.6. The first-order valence-corrected chi connectivity index (χ1v) is 8.07. The largest absolute Gasteiger partial charge is 0.363 e. The molecule has 2 N–H and O–H groups in total. The Balaban J connectivity index is 1.62. The van der Waals surface area contributed by atoms with Gasteiger partial charge >= 0.3 is 0 Å². The van der Waals surface area contributed by atoms with Gasteiger partial charge in [0.2, 0.25) is 5.91 Å². The van der Waals surface area contributed by atoms with E-state index in [-0.39, 0.29) is 18.1 Å². The van der Waals surface area contributed by atoms with Crippen LogP contribution in [0.2, 0.25) is 0 Å². The highest BCUT2D eigenvalue weighted by Crippen LogP contribution is 2.26. The zero-order valence-corrected chi connectivity index (χ0v) is 12.1. The minimum atomic E-state index is -0.131. The van der Waals surface area contributed by atoms with Crippen molar-refractivity contribution in [2.75, 3.05) is 26.0 Å². The van der Waals surface area contributed by atoms with Crippen LogP contribution >= 0.6 is 11.8 Å². The van der Waals surface area contributed by atoms with E-state index in [4.69, 9.17) is 4.74 Å². The second-order valence-electron chi connectivity index (χ2n) is 5.62. The van der Waals surface area contributed by atoms with Crippen molar-refractivity contribution in [1.29, 1.82) is 0 Å². The van der Waals surface area contributed by atoms with Crippen molar-refractivity contribution in [3.63, 3.8) is 0 Å². The molecule has 1 saturated heterocycles. The van der Waals surface area contributed by atoms with Gasteiger partial charge in [-0.25, -0.2) is 0 Å². The summed E-state index contributed by atoms with van der Waals surface area (Å²) in [4.78, 5) is 11.8. The van der Waals surface area contributed by atoms with Crippen LogP contribution in [-0.4, -0.2) is 48.8 Å². The van der Waals surface area contributed by atoms with E-state index in [0.717, 1.165) is 31.2 Å². The lowest BCUT2D eigenvalue weighted by molar-refractivity contribution is -0.136. The maximum atomic E-state index is 11.8. The molecule has 1 aliphatic heterocycles. The molecule has 1 heterocycles. The number of rotatable bonds is 5. The van der Waals surface area contributed by atoms with Crippen molar-refractivity contribution >= 4 is 17.7 Å². The Morgan fingerprint density at radius 2 is 2.06 bits per heavy atom. The molecule has 0 aromatic heterocycles. The SMILES string of the molecule is CSC1CCC(NC(=O)COC2(C)CNC2)CC1. The van der Waals surface area contributed by atoms with Crippen LogP contribution in [0.5, 0.6) is 0 Å². The number of ether oxygens (including phenoxy) is 1. The van der Waals surface area contributed by atoms with Gasteiger partial charge in [-0.15, -0.1) is 0 Å². The van der Waals surface area contributed by atoms with Gasteiger partial charge in [0.15, 0.2) is 0 Å². The Morgan fingerprint density at radius 3 is 2.56 bits per heavy atom. The molecule has 0 spiro atoms. The van der Waals surface area contributed by atoms with Crippen molar-refractivity contribution in [3.8, 4) is 0 Å². The average molecular weight is 272 g/mol. The second kappa shape index (κ2) is 6.26. The van der Waals surface area contributed by atoms with E-state index < -0.39 is 0 Å². The van der Waals surface area contributed by atoms with Crippen LogP contribution in [0.25, 0.3) is 0 Å². The molecule has 0 radical (unpaired) electrons. The van der Waals surface area contributed by atoms with Gasteiger partial charge in [-0.2, -0.15) is 11.8 Å². The first-order valence-electron chi connectivity index (χ1n) is 6.78. The Morgan fingerprint density at radius 1 is 1.39 bits per heavy atom. The van der Waals surface area contributed by atoms with Crippen molar-refractivity contribution in [2.45, 2.75) is 49.5 Å². The molecule has 5 heteroatoms. The molecular formula is C13H24N2O2S. The quantitative estimate of drug-likeness (QED) is 0.788. The van der Waals surface area contributed by atoms with Gasteiger partial charge in [0.1, 0.15) is 6.61 Å². The topological polar surface area (TPSA) is 50.4 Å². The van der Waals surface area contributed by atoms with Crippen LogP contribution in [0.15, 0.2) is 0 Å².